The van der Waals surface area contributed by atoms with Gasteiger partial charge in [-0.2, -0.15) is 5.10 Å². The first kappa shape index (κ1) is 15.9. The summed E-state index contributed by atoms with van der Waals surface area (Å²) in [6.07, 6.45) is -1.23. The molecule has 0 unspecified atom stereocenters. The molecule has 0 aliphatic heterocycles. The van der Waals surface area contributed by atoms with Gasteiger partial charge in [0.2, 0.25) is 0 Å². The van der Waals surface area contributed by atoms with Crippen LogP contribution < -0.4 is 5.43 Å². The summed E-state index contributed by atoms with van der Waals surface area (Å²) in [4.78, 5) is 12.0. The van der Waals surface area contributed by atoms with Crippen LogP contribution in [-0.2, 0) is 4.79 Å². The van der Waals surface area contributed by atoms with Gasteiger partial charge in [-0.3, -0.25) is 4.79 Å². The second-order valence-corrected chi connectivity index (χ2v) is 5.30. The number of carbonyl (C=O) groups excluding carboxylic acids is 1. The number of amides is 1. The lowest BCUT2D eigenvalue weighted by Crippen LogP contribution is -2.26. The highest BCUT2D eigenvalue weighted by atomic mass is 16.3. The molecule has 2 aromatic carbocycles. The molecule has 114 valence electrons. The van der Waals surface area contributed by atoms with Crippen molar-refractivity contribution in [1.29, 1.82) is 0 Å². The summed E-state index contributed by atoms with van der Waals surface area (Å²) >= 11 is 0. The lowest BCUT2D eigenvalue weighted by Gasteiger charge is -2.10. The Labute approximate surface area is 130 Å². The maximum Gasteiger partial charge on any atom is 0.273 e. The van der Waals surface area contributed by atoms with E-state index in [1.807, 2.05) is 39.0 Å². The third kappa shape index (κ3) is 3.80. The van der Waals surface area contributed by atoms with E-state index < -0.39 is 12.0 Å². The smallest absolute Gasteiger partial charge is 0.273 e. The fourth-order valence-electron chi connectivity index (χ4n) is 2.27. The molecule has 0 radical (unpaired) electrons. The van der Waals surface area contributed by atoms with Crippen LogP contribution in [0.4, 0.5) is 0 Å². The Kier molecular flexibility index (Phi) is 5.07. The van der Waals surface area contributed by atoms with Gasteiger partial charge < -0.3 is 5.11 Å². The molecule has 0 aromatic heterocycles. The normalized spacial score (nSPS) is 12.8. The number of nitrogens with zero attached hydrogens (tertiary/aromatic N) is 1. The van der Waals surface area contributed by atoms with Crippen molar-refractivity contribution >= 4 is 11.6 Å². The fraction of sp³-hybridized carbons (Fsp3) is 0.222. The molecule has 4 nitrogen and oxygen atoms in total. The topological polar surface area (TPSA) is 61.7 Å². The highest BCUT2D eigenvalue weighted by molar-refractivity contribution is 6.00. The van der Waals surface area contributed by atoms with E-state index in [9.17, 15) is 9.90 Å². The largest absolute Gasteiger partial charge is 0.378 e. The van der Waals surface area contributed by atoms with Gasteiger partial charge in [0, 0.05) is 5.56 Å². The molecule has 1 atom stereocenters. The van der Waals surface area contributed by atoms with E-state index in [0.717, 1.165) is 11.1 Å². The fourth-order valence-corrected chi connectivity index (χ4v) is 2.27. The van der Waals surface area contributed by atoms with Crippen molar-refractivity contribution in [2.24, 2.45) is 5.10 Å². The first-order valence-corrected chi connectivity index (χ1v) is 7.14. The first-order chi connectivity index (χ1) is 10.5. The Balaban J connectivity index is 2.09. The van der Waals surface area contributed by atoms with Gasteiger partial charge in [0.15, 0.2) is 6.10 Å². The number of hydrogen-bond acceptors (Lipinski definition) is 3. The molecule has 0 saturated carbocycles. The van der Waals surface area contributed by atoms with E-state index in [1.54, 1.807) is 24.3 Å². The Morgan fingerprint density at radius 3 is 2.45 bits per heavy atom. The zero-order valence-corrected chi connectivity index (χ0v) is 13.0. The number of aliphatic hydroxyl groups excluding tert-OH is 1. The van der Waals surface area contributed by atoms with Crippen LogP contribution >= 0.6 is 0 Å². The van der Waals surface area contributed by atoms with Crippen molar-refractivity contribution in [2.75, 3.05) is 0 Å². The van der Waals surface area contributed by atoms with Crippen LogP contribution in [0.15, 0.2) is 53.6 Å². The van der Waals surface area contributed by atoms with Gasteiger partial charge in [-0.1, -0.05) is 54.1 Å². The minimum Gasteiger partial charge on any atom is -0.378 e. The number of carbonyl (C=O) groups is 1. The minimum atomic E-state index is -1.23. The summed E-state index contributed by atoms with van der Waals surface area (Å²) in [6, 6.07) is 14.8. The molecule has 4 heteroatoms. The standard InChI is InChI=1S/C18H20N2O2/c1-12-9-10-16(13(2)11-12)14(3)19-20-18(22)17(21)15-7-5-4-6-8-15/h4-11,17,21H,1-3H3,(H,20,22)/b19-14-/t17-/m0/s1. The Morgan fingerprint density at radius 2 is 1.82 bits per heavy atom. The molecule has 2 aromatic rings. The number of aryl methyl sites for hydroxylation is 2. The molecule has 0 bridgehead atoms. The highest BCUT2D eigenvalue weighted by Gasteiger charge is 2.16. The number of aliphatic hydroxyl groups is 1. The SMILES string of the molecule is C/C(=N/NC(=O)[C@@H](O)c1ccccc1)c1ccc(C)cc1C. The number of nitrogens with one attached hydrogen (secondary N) is 1. The van der Waals surface area contributed by atoms with Crippen molar-refractivity contribution in [3.8, 4) is 0 Å². The lowest BCUT2D eigenvalue weighted by atomic mass is 10.0. The van der Waals surface area contributed by atoms with Gasteiger partial charge in [-0.05, 0) is 31.9 Å². The molecule has 0 aliphatic rings. The Bertz CT molecular complexity index is 693. The van der Waals surface area contributed by atoms with Crippen LogP contribution in [0.2, 0.25) is 0 Å². The zero-order chi connectivity index (χ0) is 16.1. The van der Waals surface area contributed by atoms with Gasteiger partial charge in [-0.15, -0.1) is 0 Å². The van der Waals surface area contributed by atoms with Crippen LogP contribution in [0.25, 0.3) is 0 Å². The quantitative estimate of drug-likeness (QED) is 0.673. The van der Waals surface area contributed by atoms with Crippen molar-refractivity contribution in [2.45, 2.75) is 26.9 Å². The summed E-state index contributed by atoms with van der Waals surface area (Å²) in [7, 11) is 0. The average Bonchev–Trinajstić information content (AvgIpc) is 2.52. The van der Waals surface area contributed by atoms with E-state index in [2.05, 4.69) is 16.6 Å². The Hall–Kier alpha value is -2.46. The average molecular weight is 296 g/mol. The van der Waals surface area contributed by atoms with Crippen LogP contribution in [0.3, 0.4) is 0 Å². The first-order valence-electron chi connectivity index (χ1n) is 7.14. The molecule has 0 saturated heterocycles. The molecule has 0 spiro atoms. The van der Waals surface area contributed by atoms with Gasteiger partial charge in [-0.25, -0.2) is 5.43 Å². The third-order valence-electron chi connectivity index (χ3n) is 3.47. The maximum absolute atomic E-state index is 12.0. The van der Waals surface area contributed by atoms with Crippen molar-refractivity contribution in [1.82, 2.24) is 5.43 Å². The monoisotopic (exact) mass is 296 g/mol. The maximum atomic E-state index is 12.0. The van der Waals surface area contributed by atoms with Crippen LogP contribution in [0.1, 0.15) is 35.3 Å². The lowest BCUT2D eigenvalue weighted by molar-refractivity contribution is -0.129. The van der Waals surface area contributed by atoms with Crippen LogP contribution in [0, 0.1) is 13.8 Å². The van der Waals surface area contributed by atoms with E-state index in [1.165, 1.54) is 5.56 Å². The molecular formula is C18H20N2O2. The summed E-state index contributed by atoms with van der Waals surface area (Å²) < 4.78 is 0. The predicted molar refractivity (Wildman–Crippen MR) is 87.7 cm³/mol. The molecule has 1 amide bonds. The van der Waals surface area contributed by atoms with Crippen molar-refractivity contribution in [3.05, 3.63) is 70.8 Å². The summed E-state index contributed by atoms with van der Waals surface area (Å²) in [5, 5.41) is 14.1. The van der Waals surface area contributed by atoms with Crippen molar-refractivity contribution < 1.29 is 9.90 Å². The third-order valence-corrected chi connectivity index (χ3v) is 3.47. The predicted octanol–water partition coefficient (Wildman–Crippen LogP) is 2.88. The number of hydrazone groups is 1. The number of hydrogen-bond donors (Lipinski definition) is 2. The number of rotatable bonds is 4. The molecule has 0 fully saturated rings. The minimum absolute atomic E-state index is 0.541. The van der Waals surface area contributed by atoms with Gasteiger partial charge in [0.25, 0.3) is 5.91 Å². The molecule has 22 heavy (non-hydrogen) atoms. The van der Waals surface area contributed by atoms with E-state index in [0.29, 0.717) is 11.3 Å². The number of benzene rings is 2. The molecule has 2 N–H and O–H groups in total. The molecule has 0 aliphatic carbocycles. The summed E-state index contributed by atoms with van der Waals surface area (Å²) in [5.41, 5.74) is 6.91. The Morgan fingerprint density at radius 1 is 1.14 bits per heavy atom. The summed E-state index contributed by atoms with van der Waals surface area (Å²) in [6.45, 7) is 5.86. The van der Waals surface area contributed by atoms with Gasteiger partial charge in [0.05, 0.1) is 5.71 Å². The van der Waals surface area contributed by atoms with E-state index in [-0.39, 0.29) is 0 Å². The highest BCUT2D eigenvalue weighted by Crippen LogP contribution is 2.13. The second-order valence-electron chi connectivity index (χ2n) is 5.30. The van der Waals surface area contributed by atoms with Crippen LogP contribution in [0.5, 0.6) is 0 Å². The van der Waals surface area contributed by atoms with Crippen LogP contribution in [-0.4, -0.2) is 16.7 Å². The van der Waals surface area contributed by atoms with E-state index >= 15 is 0 Å². The van der Waals surface area contributed by atoms with E-state index in [4.69, 9.17) is 0 Å². The molecular weight excluding hydrogens is 276 g/mol. The molecule has 0 heterocycles. The second kappa shape index (κ2) is 7.00. The van der Waals surface area contributed by atoms with Crippen molar-refractivity contribution in [3.63, 3.8) is 0 Å². The zero-order valence-electron chi connectivity index (χ0n) is 13.0. The van der Waals surface area contributed by atoms with Gasteiger partial charge >= 0.3 is 0 Å². The summed E-state index contributed by atoms with van der Waals surface area (Å²) in [5.74, 6) is -0.546. The molecule has 2 rings (SSSR count). The van der Waals surface area contributed by atoms with Gasteiger partial charge in [0.1, 0.15) is 0 Å².